The average Bonchev–Trinajstić information content (AvgIpc) is 2.71. The van der Waals surface area contributed by atoms with Crippen molar-refractivity contribution >= 4 is 27.3 Å². The SMILES string of the molecule is CC(C)(N)Cc1ncc(-c2cc(Br)cs2)[nH]1. The van der Waals surface area contributed by atoms with Crippen molar-refractivity contribution in [3.8, 4) is 10.6 Å². The van der Waals surface area contributed by atoms with Crippen molar-refractivity contribution in [2.45, 2.75) is 25.8 Å². The molecule has 0 atom stereocenters. The standard InChI is InChI=1S/C11H14BrN3S/c1-11(2,13)4-10-14-5-8(15-10)9-3-7(12)6-16-9/h3,5-6H,4,13H2,1-2H3,(H,14,15). The topological polar surface area (TPSA) is 54.7 Å². The number of imidazole rings is 1. The van der Waals surface area contributed by atoms with Gasteiger partial charge in [0.2, 0.25) is 0 Å². The van der Waals surface area contributed by atoms with Crippen LogP contribution in [0, 0.1) is 0 Å². The molecule has 0 unspecified atom stereocenters. The van der Waals surface area contributed by atoms with Crippen LogP contribution in [0.1, 0.15) is 19.7 Å². The molecule has 0 amide bonds. The molecule has 0 saturated heterocycles. The zero-order chi connectivity index (χ0) is 11.8. The second-order valence-electron chi connectivity index (χ2n) is 4.54. The second-order valence-corrected chi connectivity index (χ2v) is 6.37. The molecule has 2 aromatic rings. The normalized spacial score (nSPS) is 12.0. The van der Waals surface area contributed by atoms with Crippen molar-refractivity contribution in [2.24, 2.45) is 5.73 Å². The molecular weight excluding hydrogens is 286 g/mol. The molecule has 0 spiro atoms. The van der Waals surface area contributed by atoms with E-state index < -0.39 is 0 Å². The van der Waals surface area contributed by atoms with Crippen LogP contribution in [0.15, 0.2) is 22.1 Å². The Labute approximate surface area is 107 Å². The van der Waals surface area contributed by atoms with Gasteiger partial charge in [0, 0.05) is 21.8 Å². The van der Waals surface area contributed by atoms with Gasteiger partial charge in [0.1, 0.15) is 5.82 Å². The van der Waals surface area contributed by atoms with Gasteiger partial charge in [0.25, 0.3) is 0 Å². The summed E-state index contributed by atoms with van der Waals surface area (Å²) in [4.78, 5) is 8.82. The van der Waals surface area contributed by atoms with E-state index in [0.717, 1.165) is 22.4 Å². The lowest BCUT2D eigenvalue weighted by Crippen LogP contribution is -2.34. The highest BCUT2D eigenvalue weighted by Crippen LogP contribution is 2.28. The third-order valence-corrected chi connectivity index (χ3v) is 3.81. The van der Waals surface area contributed by atoms with Gasteiger partial charge in [0.15, 0.2) is 0 Å². The highest BCUT2D eigenvalue weighted by atomic mass is 79.9. The van der Waals surface area contributed by atoms with E-state index in [0.29, 0.717) is 0 Å². The quantitative estimate of drug-likeness (QED) is 0.914. The molecule has 0 aliphatic carbocycles. The van der Waals surface area contributed by atoms with Crippen molar-refractivity contribution < 1.29 is 0 Å². The van der Waals surface area contributed by atoms with E-state index in [1.54, 1.807) is 11.3 Å². The molecule has 5 heteroatoms. The summed E-state index contributed by atoms with van der Waals surface area (Å²) in [5.74, 6) is 0.937. The number of aromatic amines is 1. The van der Waals surface area contributed by atoms with Gasteiger partial charge in [0.05, 0.1) is 16.8 Å². The van der Waals surface area contributed by atoms with Crippen LogP contribution >= 0.6 is 27.3 Å². The summed E-state index contributed by atoms with van der Waals surface area (Å²) in [5.41, 5.74) is 6.77. The third-order valence-electron chi connectivity index (χ3n) is 2.08. The van der Waals surface area contributed by atoms with Crippen LogP contribution in [0.3, 0.4) is 0 Å². The van der Waals surface area contributed by atoms with Crippen LogP contribution in [-0.4, -0.2) is 15.5 Å². The number of hydrogen-bond acceptors (Lipinski definition) is 3. The minimum Gasteiger partial charge on any atom is -0.341 e. The summed E-state index contributed by atoms with van der Waals surface area (Å²) < 4.78 is 1.10. The summed E-state index contributed by atoms with van der Waals surface area (Å²) in [5, 5.41) is 2.06. The van der Waals surface area contributed by atoms with Crippen molar-refractivity contribution in [3.05, 3.63) is 27.9 Å². The molecule has 0 aliphatic rings. The number of aromatic nitrogens is 2. The Morgan fingerprint density at radius 1 is 1.56 bits per heavy atom. The monoisotopic (exact) mass is 299 g/mol. The largest absolute Gasteiger partial charge is 0.341 e. The zero-order valence-electron chi connectivity index (χ0n) is 9.25. The fourth-order valence-corrected chi connectivity index (χ4v) is 2.86. The highest BCUT2D eigenvalue weighted by molar-refractivity contribution is 9.10. The molecule has 0 saturated carbocycles. The Hall–Kier alpha value is -0.650. The predicted octanol–water partition coefficient (Wildman–Crippen LogP) is 3.18. The van der Waals surface area contributed by atoms with E-state index in [1.165, 1.54) is 4.88 Å². The van der Waals surface area contributed by atoms with Crippen molar-refractivity contribution in [1.29, 1.82) is 0 Å². The van der Waals surface area contributed by atoms with Gasteiger partial charge in [-0.1, -0.05) is 0 Å². The number of H-pyrrole nitrogens is 1. The first kappa shape index (κ1) is 11.8. The number of halogens is 1. The molecule has 0 bridgehead atoms. The summed E-state index contributed by atoms with van der Waals surface area (Å²) in [6, 6.07) is 2.08. The molecule has 2 aromatic heterocycles. The van der Waals surface area contributed by atoms with Gasteiger partial charge in [-0.05, 0) is 35.8 Å². The van der Waals surface area contributed by atoms with Crippen LogP contribution < -0.4 is 5.73 Å². The molecule has 3 N–H and O–H groups in total. The van der Waals surface area contributed by atoms with Gasteiger partial charge in [-0.15, -0.1) is 11.3 Å². The summed E-state index contributed by atoms with van der Waals surface area (Å²) in [6.45, 7) is 3.99. The molecule has 0 fully saturated rings. The Kier molecular flexibility index (Phi) is 3.19. The van der Waals surface area contributed by atoms with Gasteiger partial charge in [-0.2, -0.15) is 0 Å². The fraction of sp³-hybridized carbons (Fsp3) is 0.364. The molecule has 2 heterocycles. The summed E-state index contributed by atoms with van der Waals surface area (Å²) in [6.07, 6.45) is 2.61. The molecule has 2 rings (SSSR count). The van der Waals surface area contributed by atoms with E-state index in [1.807, 2.05) is 20.0 Å². The molecular formula is C11H14BrN3S. The number of nitrogens with zero attached hydrogens (tertiary/aromatic N) is 1. The van der Waals surface area contributed by atoms with E-state index in [-0.39, 0.29) is 5.54 Å². The molecule has 3 nitrogen and oxygen atoms in total. The maximum absolute atomic E-state index is 5.95. The minimum absolute atomic E-state index is 0.231. The molecule has 16 heavy (non-hydrogen) atoms. The maximum Gasteiger partial charge on any atom is 0.108 e. The van der Waals surface area contributed by atoms with Crippen LogP contribution in [0.25, 0.3) is 10.6 Å². The first-order valence-corrected chi connectivity index (χ1v) is 6.68. The van der Waals surface area contributed by atoms with Crippen LogP contribution in [0.4, 0.5) is 0 Å². The lowest BCUT2D eigenvalue weighted by atomic mass is 10.0. The van der Waals surface area contributed by atoms with Gasteiger partial charge >= 0.3 is 0 Å². The lowest BCUT2D eigenvalue weighted by molar-refractivity contribution is 0.505. The third kappa shape index (κ3) is 2.93. The predicted molar refractivity (Wildman–Crippen MR) is 71.6 cm³/mol. The van der Waals surface area contributed by atoms with E-state index in [4.69, 9.17) is 5.73 Å². The summed E-state index contributed by atoms with van der Waals surface area (Å²) >= 11 is 5.13. The van der Waals surface area contributed by atoms with Crippen molar-refractivity contribution in [3.63, 3.8) is 0 Å². The van der Waals surface area contributed by atoms with Gasteiger partial charge < -0.3 is 10.7 Å². The Bertz CT molecular complexity index is 481. The highest BCUT2D eigenvalue weighted by Gasteiger charge is 2.14. The second kappa shape index (κ2) is 4.31. The van der Waals surface area contributed by atoms with Gasteiger partial charge in [-0.3, -0.25) is 0 Å². The maximum atomic E-state index is 5.95. The minimum atomic E-state index is -0.231. The van der Waals surface area contributed by atoms with Crippen molar-refractivity contribution in [2.75, 3.05) is 0 Å². The first-order valence-electron chi connectivity index (χ1n) is 5.01. The Morgan fingerprint density at radius 3 is 2.88 bits per heavy atom. The lowest BCUT2D eigenvalue weighted by Gasteiger charge is -2.15. The van der Waals surface area contributed by atoms with Gasteiger partial charge in [-0.25, -0.2) is 4.98 Å². The number of nitrogens with one attached hydrogen (secondary N) is 1. The van der Waals surface area contributed by atoms with Crippen LogP contribution in [0.2, 0.25) is 0 Å². The number of thiophene rings is 1. The smallest absolute Gasteiger partial charge is 0.108 e. The molecule has 86 valence electrons. The van der Waals surface area contributed by atoms with Crippen molar-refractivity contribution in [1.82, 2.24) is 9.97 Å². The first-order chi connectivity index (χ1) is 7.44. The van der Waals surface area contributed by atoms with E-state index in [2.05, 4.69) is 37.3 Å². The molecule has 0 radical (unpaired) electrons. The van der Waals surface area contributed by atoms with Crippen LogP contribution in [0.5, 0.6) is 0 Å². The zero-order valence-corrected chi connectivity index (χ0v) is 11.7. The number of hydrogen-bond donors (Lipinski definition) is 2. The Morgan fingerprint density at radius 2 is 2.31 bits per heavy atom. The molecule has 0 aromatic carbocycles. The van der Waals surface area contributed by atoms with E-state index >= 15 is 0 Å². The molecule has 0 aliphatic heterocycles. The van der Waals surface area contributed by atoms with E-state index in [9.17, 15) is 0 Å². The number of rotatable bonds is 3. The fourth-order valence-electron chi connectivity index (χ4n) is 1.46. The average molecular weight is 300 g/mol. The summed E-state index contributed by atoms with van der Waals surface area (Å²) in [7, 11) is 0. The number of nitrogens with two attached hydrogens (primary N) is 1. The Balaban J connectivity index is 2.20. The van der Waals surface area contributed by atoms with Crippen LogP contribution in [-0.2, 0) is 6.42 Å².